The minimum atomic E-state index is -4.39. The van der Waals surface area contributed by atoms with E-state index in [2.05, 4.69) is 0 Å². The monoisotopic (exact) mass is 297 g/mol. The first-order valence-electron chi connectivity index (χ1n) is 6.39. The molecule has 0 amide bonds. The van der Waals surface area contributed by atoms with E-state index in [0.29, 0.717) is 16.7 Å². The molecule has 2 N–H and O–H groups in total. The third-order valence-electron chi connectivity index (χ3n) is 3.51. The summed E-state index contributed by atoms with van der Waals surface area (Å²) in [7, 11) is 0. The van der Waals surface area contributed by atoms with Crippen LogP contribution in [0.2, 0.25) is 0 Å². The summed E-state index contributed by atoms with van der Waals surface area (Å²) in [5.74, 6) is -0.421. The van der Waals surface area contributed by atoms with Gasteiger partial charge in [-0.05, 0) is 60.4 Å². The summed E-state index contributed by atoms with van der Waals surface area (Å²) < 4.78 is 51.3. The highest BCUT2D eigenvalue weighted by Crippen LogP contribution is 2.33. The predicted molar refractivity (Wildman–Crippen MR) is 73.3 cm³/mol. The molecule has 0 saturated heterocycles. The molecule has 5 heteroatoms. The van der Waals surface area contributed by atoms with Crippen molar-refractivity contribution in [2.45, 2.75) is 26.1 Å². The van der Waals surface area contributed by atoms with Gasteiger partial charge in [0.25, 0.3) is 0 Å². The Bertz CT molecular complexity index is 662. The Kier molecular flexibility index (Phi) is 4.05. The van der Waals surface area contributed by atoms with Crippen molar-refractivity contribution in [3.05, 3.63) is 70.0 Å². The number of aryl methyl sites for hydroxylation is 2. The maximum absolute atomic E-state index is 13.3. The van der Waals surface area contributed by atoms with Crippen molar-refractivity contribution in [2.75, 3.05) is 0 Å². The van der Waals surface area contributed by atoms with Crippen LogP contribution in [-0.4, -0.2) is 0 Å². The quantitative estimate of drug-likeness (QED) is 0.811. The Hall–Kier alpha value is -1.88. The van der Waals surface area contributed by atoms with Gasteiger partial charge in [0, 0.05) is 0 Å². The van der Waals surface area contributed by atoms with E-state index in [-0.39, 0.29) is 0 Å². The third kappa shape index (κ3) is 3.24. The maximum atomic E-state index is 13.3. The summed E-state index contributed by atoms with van der Waals surface area (Å²) in [4.78, 5) is 0. The fourth-order valence-corrected chi connectivity index (χ4v) is 2.31. The zero-order valence-corrected chi connectivity index (χ0v) is 11.6. The number of halogens is 4. The molecule has 112 valence electrons. The SMILES string of the molecule is Cc1cc(C(F)(F)F)ccc1C(N)c1cc(F)ccc1C. The molecule has 1 unspecified atom stereocenters. The molecule has 0 spiro atoms. The highest BCUT2D eigenvalue weighted by atomic mass is 19.4. The lowest BCUT2D eigenvalue weighted by Crippen LogP contribution is -2.16. The fourth-order valence-electron chi connectivity index (χ4n) is 2.31. The molecule has 21 heavy (non-hydrogen) atoms. The Morgan fingerprint density at radius 2 is 1.57 bits per heavy atom. The standard InChI is InChI=1S/C16H15F4N/c1-9-3-5-12(17)8-14(9)15(21)13-6-4-11(7-10(13)2)16(18,19)20/h3-8,15H,21H2,1-2H3. The lowest BCUT2D eigenvalue weighted by molar-refractivity contribution is -0.137. The van der Waals surface area contributed by atoms with Crippen molar-refractivity contribution < 1.29 is 17.6 Å². The number of benzene rings is 2. The van der Waals surface area contributed by atoms with Gasteiger partial charge in [0.15, 0.2) is 0 Å². The number of nitrogens with two attached hydrogens (primary N) is 1. The van der Waals surface area contributed by atoms with Crippen LogP contribution in [0, 0.1) is 19.7 Å². The van der Waals surface area contributed by atoms with Crippen LogP contribution in [0.25, 0.3) is 0 Å². The molecule has 2 rings (SSSR count). The van der Waals surface area contributed by atoms with Crippen molar-refractivity contribution in [2.24, 2.45) is 5.73 Å². The normalized spacial score (nSPS) is 13.3. The van der Waals surface area contributed by atoms with Crippen LogP contribution in [0.1, 0.15) is 33.9 Å². The van der Waals surface area contributed by atoms with Crippen LogP contribution >= 0.6 is 0 Å². The third-order valence-corrected chi connectivity index (χ3v) is 3.51. The van der Waals surface area contributed by atoms with E-state index in [1.54, 1.807) is 19.9 Å². The molecular formula is C16H15F4N. The molecule has 1 nitrogen and oxygen atoms in total. The van der Waals surface area contributed by atoms with E-state index in [0.717, 1.165) is 17.7 Å². The molecule has 0 aliphatic carbocycles. The second kappa shape index (κ2) is 5.48. The first kappa shape index (κ1) is 15.5. The minimum Gasteiger partial charge on any atom is -0.320 e. The van der Waals surface area contributed by atoms with Crippen molar-refractivity contribution in [3.63, 3.8) is 0 Å². The average molecular weight is 297 g/mol. The van der Waals surface area contributed by atoms with Gasteiger partial charge in [-0.1, -0.05) is 12.1 Å². The smallest absolute Gasteiger partial charge is 0.320 e. The summed E-state index contributed by atoms with van der Waals surface area (Å²) in [6, 6.07) is 6.99. The summed E-state index contributed by atoms with van der Waals surface area (Å²) in [6.07, 6.45) is -4.39. The molecule has 0 radical (unpaired) electrons. The van der Waals surface area contributed by atoms with Crippen LogP contribution in [-0.2, 0) is 6.18 Å². The van der Waals surface area contributed by atoms with Gasteiger partial charge in [-0.2, -0.15) is 13.2 Å². The number of hydrogen-bond acceptors (Lipinski definition) is 1. The Morgan fingerprint density at radius 1 is 0.905 bits per heavy atom. The maximum Gasteiger partial charge on any atom is 0.416 e. The molecule has 0 aliphatic rings. The van der Waals surface area contributed by atoms with Crippen molar-refractivity contribution >= 4 is 0 Å². The van der Waals surface area contributed by atoms with Gasteiger partial charge in [0.2, 0.25) is 0 Å². The summed E-state index contributed by atoms with van der Waals surface area (Å²) in [5.41, 5.74) is 7.73. The fraction of sp³-hybridized carbons (Fsp3) is 0.250. The lowest BCUT2D eigenvalue weighted by Gasteiger charge is -2.19. The van der Waals surface area contributed by atoms with Crippen LogP contribution in [0.15, 0.2) is 36.4 Å². The van der Waals surface area contributed by atoms with Gasteiger partial charge in [0.05, 0.1) is 11.6 Å². The molecule has 0 saturated carbocycles. The largest absolute Gasteiger partial charge is 0.416 e. The average Bonchev–Trinajstić information content (AvgIpc) is 2.39. The second-order valence-electron chi connectivity index (χ2n) is 5.05. The number of alkyl halides is 3. The van der Waals surface area contributed by atoms with E-state index in [9.17, 15) is 17.6 Å². The topological polar surface area (TPSA) is 26.0 Å². The molecule has 2 aromatic rings. The van der Waals surface area contributed by atoms with Gasteiger partial charge in [0.1, 0.15) is 5.82 Å². The van der Waals surface area contributed by atoms with Crippen molar-refractivity contribution in [1.29, 1.82) is 0 Å². The second-order valence-corrected chi connectivity index (χ2v) is 5.05. The lowest BCUT2D eigenvalue weighted by atomic mass is 9.92. The molecule has 0 bridgehead atoms. The zero-order valence-electron chi connectivity index (χ0n) is 11.6. The Labute approximate surface area is 120 Å². The molecule has 0 aromatic heterocycles. The zero-order chi connectivity index (χ0) is 15.8. The first-order chi connectivity index (χ1) is 9.70. The van der Waals surface area contributed by atoms with E-state index in [4.69, 9.17) is 5.73 Å². The van der Waals surface area contributed by atoms with Gasteiger partial charge in [-0.15, -0.1) is 0 Å². The molecule has 2 aromatic carbocycles. The van der Waals surface area contributed by atoms with Gasteiger partial charge in [-0.25, -0.2) is 4.39 Å². The van der Waals surface area contributed by atoms with E-state index < -0.39 is 23.6 Å². The Balaban J connectivity index is 2.44. The van der Waals surface area contributed by atoms with Crippen LogP contribution in [0.5, 0.6) is 0 Å². The van der Waals surface area contributed by atoms with Crippen molar-refractivity contribution in [3.8, 4) is 0 Å². The summed E-state index contributed by atoms with van der Waals surface area (Å²) in [5, 5.41) is 0. The highest BCUT2D eigenvalue weighted by Gasteiger charge is 2.31. The first-order valence-corrected chi connectivity index (χ1v) is 6.39. The molecule has 0 aliphatic heterocycles. The predicted octanol–water partition coefficient (Wildman–Crippen LogP) is 4.51. The van der Waals surface area contributed by atoms with E-state index >= 15 is 0 Å². The van der Waals surface area contributed by atoms with Crippen molar-refractivity contribution in [1.82, 2.24) is 0 Å². The molecular weight excluding hydrogens is 282 g/mol. The highest BCUT2D eigenvalue weighted by molar-refractivity contribution is 5.42. The van der Waals surface area contributed by atoms with Gasteiger partial charge < -0.3 is 5.73 Å². The van der Waals surface area contributed by atoms with Gasteiger partial charge in [-0.3, -0.25) is 0 Å². The number of hydrogen-bond donors (Lipinski definition) is 1. The minimum absolute atomic E-state index is 0.421. The molecule has 1 atom stereocenters. The van der Waals surface area contributed by atoms with E-state index in [1.807, 2.05) is 0 Å². The van der Waals surface area contributed by atoms with Crippen LogP contribution in [0.3, 0.4) is 0 Å². The summed E-state index contributed by atoms with van der Waals surface area (Å²) in [6.45, 7) is 3.35. The Morgan fingerprint density at radius 3 is 2.14 bits per heavy atom. The van der Waals surface area contributed by atoms with Crippen LogP contribution < -0.4 is 5.73 Å². The molecule has 0 fully saturated rings. The van der Waals surface area contributed by atoms with Gasteiger partial charge >= 0.3 is 6.18 Å². The van der Waals surface area contributed by atoms with E-state index in [1.165, 1.54) is 18.2 Å². The number of rotatable bonds is 2. The van der Waals surface area contributed by atoms with Crippen LogP contribution in [0.4, 0.5) is 17.6 Å². The molecule has 0 heterocycles. The summed E-state index contributed by atoms with van der Waals surface area (Å²) >= 11 is 0.